The minimum atomic E-state index is 0.613. The summed E-state index contributed by atoms with van der Waals surface area (Å²) in [5.41, 5.74) is 9.87. The average Bonchev–Trinajstić information content (AvgIpc) is 3.00. The Kier molecular flexibility index (Phi) is 1.87. The average molecular weight is 191 g/mol. The molecule has 0 radical (unpaired) electrons. The molecule has 1 saturated carbocycles. The van der Waals surface area contributed by atoms with Crippen molar-refractivity contribution in [3.63, 3.8) is 0 Å². The van der Waals surface area contributed by atoms with Crippen molar-refractivity contribution in [2.24, 2.45) is 5.73 Å². The number of hydrogen-bond acceptors (Lipinski definition) is 2. The lowest BCUT2D eigenvalue weighted by molar-refractivity contribution is 0.568. The highest BCUT2D eigenvalue weighted by molar-refractivity contribution is 5.29. The smallest absolute Gasteiger partial charge is 0.0795 e. The lowest BCUT2D eigenvalue weighted by atomic mass is 9.95. The van der Waals surface area contributed by atoms with Crippen molar-refractivity contribution in [1.82, 2.24) is 9.78 Å². The first-order valence-electron chi connectivity index (χ1n) is 5.69. The van der Waals surface area contributed by atoms with Gasteiger partial charge in [0.05, 0.1) is 11.7 Å². The monoisotopic (exact) mass is 191 g/mol. The van der Waals surface area contributed by atoms with Gasteiger partial charge in [0.15, 0.2) is 0 Å². The van der Waals surface area contributed by atoms with Crippen LogP contribution < -0.4 is 5.73 Å². The van der Waals surface area contributed by atoms with Gasteiger partial charge >= 0.3 is 0 Å². The number of nitrogens with two attached hydrogens (primary N) is 1. The second-order valence-electron chi connectivity index (χ2n) is 4.46. The van der Waals surface area contributed by atoms with Crippen molar-refractivity contribution in [3.05, 3.63) is 17.0 Å². The number of nitrogens with zero attached hydrogens (tertiary/aromatic N) is 2. The molecule has 76 valence electrons. The molecule has 3 heteroatoms. The van der Waals surface area contributed by atoms with E-state index >= 15 is 0 Å². The second kappa shape index (κ2) is 3.09. The molecule has 0 aromatic carbocycles. The molecule has 2 aliphatic carbocycles. The van der Waals surface area contributed by atoms with Gasteiger partial charge in [0, 0.05) is 12.2 Å². The van der Waals surface area contributed by atoms with Gasteiger partial charge in [-0.3, -0.25) is 4.68 Å². The van der Waals surface area contributed by atoms with Crippen molar-refractivity contribution in [1.29, 1.82) is 0 Å². The van der Waals surface area contributed by atoms with Gasteiger partial charge in [-0.05, 0) is 44.1 Å². The minimum absolute atomic E-state index is 0.613. The minimum Gasteiger partial charge on any atom is -0.325 e. The molecule has 3 nitrogen and oxygen atoms in total. The summed E-state index contributed by atoms with van der Waals surface area (Å²) >= 11 is 0. The Morgan fingerprint density at radius 1 is 1.29 bits per heavy atom. The number of fused-ring (bicyclic) bond motifs is 1. The highest BCUT2D eigenvalue weighted by Crippen LogP contribution is 2.38. The Balaban J connectivity index is 2.07. The number of hydrogen-bond donors (Lipinski definition) is 1. The van der Waals surface area contributed by atoms with Crippen molar-refractivity contribution in [2.75, 3.05) is 0 Å². The van der Waals surface area contributed by atoms with E-state index in [1.54, 1.807) is 0 Å². The highest BCUT2D eigenvalue weighted by atomic mass is 15.3. The molecule has 0 saturated heterocycles. The summed E-state index contributed by atoms with van der Waals surface area (Å²) in [5, 5.41) is 4.66. The molecule has 0 atom stereocenters. The van der Waals surface area contributed by atoms with Gasteiger partial charge in [0.2, 0.25) is 0 Å². The van der Waals surface area contributed by atoms with Crippen LogP contribution in [0.4, 0.5) is 0 Å². The van der Waals surface area contributed by atoms with Crippen LogP contribution in [0.2, 0.25) is 0 Å². The summed E-state index contributed by atoms with van der Waals surface area (Å²) < 4.78 is 2.27. The SMILES string of the molecule is NCc1nn(C2CC2)c2c1CCCC2. The number of aromatic nitrogens is 2. The van der Waals surface area contributed by atoms with E-state index < -0.39 is 0 Å². The van der Waals surface area contributed by atoms with Crippen LogP contribution in [0.5, 0.6) is 0 Å². The Bertz CT molecular complexity index is 350. The molecule has 2 aliphatic rings. The Labute approximate surface area is 84.3 Å². The molecule has 0 spiro atoms. The van der Waals surface area contributed by atoms with E-state index in [4.69, 9.17) is 5.73 Å². The zero-order valence-electron chi connectivity index (χ0n) is 8.50. The summed E-state index contributed by atoms with van der Waals surface area (Å²) in [6.07, 6.45) is 7.70. The summed E-state index contributed by atoms with van der Waals surface area (Å²) in [5.74, 6) is 0. The maximum absolute atomic E-state index is 5.73. The molecule has 14 heavy (non-hydrogen) atoms. The van der Waals surface area contributed by atoms with Gasteiger partial charge in [-0.2, -0.15) is 5.10 Å². The van der Waals surface area contributed by atoms with Crippen LogP contribution in [0.25, 0.3) is 0 Å². The van der Waals surface area contributed by atoms with Crippen LogP contribution in [0.3, 0.4) is 0 Å². The molecule has 0 amide bonds. The quantitative estimate of drug-likeness (QED) is 0.771. The molecular formula is C11H17N3. The fourth-order valence-corrected chi connectivity index (χ4v) is 2.49. The molecule has 0 unspecified atom stereocenters. The van der Waals surface area contributed by atoms with E-state index in [2.05, 4.69) is 9.78 Å². The molecule has 0 bridgehead atoms. The first kappa shape index (κ1) is 8.48. The van der Waals surface area contributed by atoms with E-state index in [0.29, 0.717) is 12.6 Å². The van der Waals surface area contributed by atoms with Gasteiger partial charge in [-0.25, -0.2) is 0 Å². The third kappa shape index (κ3) is 1.19. The molecule has 0 aliphatic heterocycles. The van der Waals surface area contributed by atoms with Gasteiger partial charge in [-0.1, -0.05) is 0 Å². The molecule has 1 heterocycles. The third-order valence-corrected chi connectivity index (χ3v) is 3.38. The first-order chi connectivity index (χ1) is 6.90. The van der Waals surface area contributed by atoms with Crippen molar-refractivity contribution in [3.8, 4) is 0 Å². The van der Waals surface area contributed by atoms with Crippen LogP contribution in [-0.2, 0) is 19.4 Å². The molecular weight excluding hydrogens is 174 g/mol. The Hall–Kier alpha value is -0.830. The van der Waals surface area contributed by atoms with E-state index in [0.717, 1.165) is 5.69 Å². The van der Waals surface area contributed by atoms with Gasteiger partial charge < -0.3 is 5.73 Å². The lowest BCUT2D eigenvalue weighted by Crippen LogP contribution is -2.08. The van der Waals surface area contributed by atoms with Crippen LogP contribution in [0, 0.1) is 0 Å². The molecule has 1 aromatic heterocycles. The van der Waals surface area contributed by atoms with Crippen molar-refractivity contribution in [2.45, 2.75) is 51.1 Å². The topological polar surface area (TPSA) is 43.8 Å². The number of rotatable bonds is 2. The summed E-state index contributed by atoms with van der Waals surface area (Å²) in [7, 11) is 0. The molecule has 2 N–H and O–H groups in total. The zero-order chi connectivity index (χ0) is 9.54. The van der Waals surface area contributed by atoms with Crippen LogP contribution in [0.1, 0.15) is 48.7 Å². The Morgan fingerprint density at radius 3 is 2.79 bits per heavy atom. The van der Waals surface area contributed by atoms with E-state index in [1.165, 1.54) is 49.8 Å². The van der Waals surface area contributed by atoms with E-state index in [1.807, 2.05) is 0 Å². The summed E-state index contributed by atoms with van der Waals surface area (Å²) in [6.45, 7) is 0.613. The van der Waals surface area contributed by atoms with Crippen molar-refractivity contribution >= 4 is 0 Å². The van der Waals surface area contributed by atoms with Gasteiger partial charge in [-0.15, -0.1) is 0 Å². The maximum atomic E-state index is 5.73. The fraction of sp³-hybridized carbons (Fsp3) is 0.727. The van der Waals surface area contributed by atoms with Crippen LogP contribution in [0.15, 0.2) is 0 Å². The molecule has 1 aromatic rings. The second-order valence-corrected chi connectivity index (χ2v) is 4.46. The molecule has 3 rings (SSSR count). The van der Waals surface area contributed by atoms with E-state index in [9.17, 15) is 0 Å². The normalized spacial score (nSPS) is 20.9. The highest BCUT2D eigenvalue weighted by Gasteiger charge is 2.30. The molecule has 1 fully saturated rings. The standard InChI is InChI=1S/C11H17N3/c12-7-10-9-3-1-2-4-11(9)14(13-10)8-5-6-8/h8H,1-7,12H2. The lowest BCUT2D eigenvalue weighted by Gasteiger charge is -2.13. The van der Waals surface area contributed by atoms with Gasteiger partial charge in [0.25, 0.3) is 0 Å². The zero-order valence-corrected chi connectivity index (χ0v) is 8.50. The predicted molar refractivity (Wildman–Crippen MR) is 55.0 cm³/mol. The summed E-state index contributed by atoms with van der Waals surface area (Å²) in [6, 6.07) is 0.710. The van der Waals surface area contributed by atoms with Gasteiger partial charge in [0.1, 0.15) is 0 Å². The van der Waals surface area contributed by atoms with Crippen LogP contribution in [-0.4, -0.2) is 9.78 Å². The predicted octanol–water partition coefficient (Wildman–Crippen LogP) is 1.56. The fourth-order valence-electron chi connectivity index (χ4n) is 2.49. The first-order valence-corrected chi connectivity index (χ1v) is 5.69. The maximum Gasteiger partial charge on any atom is 0.0795 e. The Morgan fingerprint density at radius 2 is 2.07 bits per heavy atom. The van der Waals surface area contributed by atoms with Crippen molar-refractivity contribution < 1.29 is 0 Å². The third-order valence-electron chi connectivity index (χ3n) is 3.38. The van der Waals surface area contributed by atoms with E-state index in [-0.39, 0.29) is 0 Å². The largest absolute Gasteiger partial charge is 0.325 e. The van der Waals surface area contributed by atoms with Crippen LogP contribution >= 0.6 is 0 Å². The summed E-state index contributed by atoms with van der Waals surface area (Å²) in [4.78, 5) is 0.